The molecule has 1 fully saturated rings. The summed E-state index contributed by atoms with van der Waals surface area (Å²) in [7, 11) is 0. The van der Waals surface area contributed by atoms with Gasteiger partial charge in [-0.25, -0.2) is 14.8 Å². The highest BCUT2D eigenvalue weighted by Gasteiger charge is 2.19. The maximum absolute atomic E-state index is 11.0. The molecule has 2 heterocycles. The number of rotatable bonds is 1. The molecule has 0 spiro atoms. The zero-order chi connectivity index (χ0) is 10.3. The summed E-state index contributed by atoms with van der Waals surface area (Å²) in [5.41, 5.74) is 1.88. The first-order valence-electron chi connectivity index (χ1n) is 5.28. The van der Waals surface area contributed by atoms with Gasteiger partial charge in [0.1, 0.15) is 0 Å². The molecule has 5 heteroatoms. The van der Waals surface area contributed by atoms with Crippen LogP contribution in [0.2, 0.25) is 0 Å². The van der Waals surface area contributed by atoms with Crippen LogP contribution in [0.4, 0.5) is 0 Å². The van der Waals surface area contributed by atoms with Gasteiger partial charge in [0, 0.05) is 5.92 Å². The Bertz CT molecular complexity index is 536. The van der Waals surface area contributed by atoms with E-state index in [9.17, 15) is 4.79 Å². The fourth-order valence-corrected chi connectivity index (χ4v) is 2.25. The van der Waals surface area contributed by atoms with Gasteiger partial charge in [-0.2, -0.15) is 0 Å². The number of imidazole rings is 1. The predicted octanol–water partition coefficient (Wildman–Crippen LogP) is 1.30. The Morgan fingerprint density at radius 3 is 2.73 bits per heavy atom. The molecule has 2 N–H and O–H groups in total. The maximum Gasteiger partial charge on any atom is 0.326 e. The molecule has 0 unspecified atom stereocenters. The number of nitrogens with zero attached hydrogens (tertiary/aromatic N) is 2. The second-order valence-electron chi connectivity index (χ2n) is 4.05. The molecule has 3 rings (SSSR count). The van der Waals surface area contributed by atoms with Gasteiger partial charge in [-0.05, 0) is 12.8 Å². The van der Waals surface area contributed by atoms with E-state index in [1.807, 2.05) is 0 Å². The summed E-state index contributed by atoms with van der Waals surface area (Å²) in [5.74, 6) is 0.528. The molecule has 5 nitrogen and oxygen atoms in total. The van der Waals surface area contributed by atoms with Crippen LogP contribution in [-0.4, -0.2) is 19.9 Å². The van der Waals surface area contributed by atoms with Crippen molar-refractivity contribution >= 4 is 11.3 Å². The van der Waals surface area contributed by atoms with Gasteiger partial charge >= 0.3 is 5.69 Å². The summed E-state index contributed by atoms with van der Waals surface area (Å²) >= 11 is 0. The lowest BCUT2D eigenvalue weighted by atomic mass is 10.1. The molecule has 0 saturated heterocycles. The lowest BCUT2D eigenvalue weighted by Gasteiger charge is -2.06. The Kier molecular flexibility index (Phi) is 1.83. The van der Waals surface area contributed by atoms with Crippen molar-refractivity contribution in [3.63, 3.8) is 0 Å². The second kappa shape index (κ2) is 3.18. The van der Waals surface area contributed by atoms with Gasteiger partial charge in [0.25, 0.3) is 0 Å². The molecule has 15 heavy (non-hydrogen) atoms. The average molecular weight is 204 g/mol. The van der Waals surface area contributed by atoms with E-state index >= 15 is 0 Å². The van der Waals surface area contributed by atoms with E-state index in [1.165, 1.54) is 25.7 Å². The van der Waals surface area contributed by atoms with Gasteiger partial charge in [-0.3, -0.25) is 9.97 Å². The minimum absolute atomic E-state index is 0.242. The molecule has 0 aromatic carbocycles. The van der Waals surface area contributed by atoms with E-state index < -0.39 is 0 Å². The summed E-state index contributed by atoms with van der Waals surface area (Å²) in [6.07, 6.45) is 6.70. The van der Waals surface area contributed by atoms with Gasteiger partial charge < -0.3 is 0 Å². The lowest BCUT2D eigenvalue weighted by molar-refractivity contribution is 0.696. The van der Waals surface area contributed by atoms with Crippen LogP contribution in [-0.2, 0) is 0 Å². The normalized spacial score (nSPS) is 17.6. The molecule has 0 atom stereocenters. The van der Waals surface area contributed by atoms with Gasteiger partial charge in [0.05, 0.1) is 11.9 Å². The van der Waals surface area contributed by atoms with Crippen LogP contribution in [0.1, 0.15) is 37.3 Å². The Morgan fingerprint density at radius 2 is 1.93 bits per heavy atom. The topological polar surface area (TPSA) is 74.4 Å². The van der Waals surface area contributed by atoms with Crippen LogP contribution in [0.5, 0.6) is 0 Å². The molecular formula is C10H12N4O. The van der Waals surface area contributed by atoms with Gasteiger partial charge in [-0.15, -0.1) is 0 Å². The number of hydrogen-bond donors (Lipinski definition) is 2. The molecule has 0 radical (unpaired) electrons. The Balaban J connectivity index is 2.08. The second-order valence-corrected chi connectivity index (χ2v) is 4.05. The lowest BCUT2D eigenvalue weighted by Crippen LogP contribution is -2.00. The van der Waals surface area contributed by atoms with Gasteiger partial charge in [0.2, 0.25) is 0 Å². The number of aromatic amines is 2. The fraction of sp³-hybridized carbons (Fsp3) is 0.500. The number of fused-ring (bicyclic) bond motifs is 1. The fourth-order valence-electron chi connectivity index (χ4n) is 2.25. The third-order valence-electron chi connectivity index (χ3n) is 3.03. The quantitative estimate of drug-likeness (QED) is 0.735. The molecular weight excluding hydrogens is 192 g/mol. The van der Waals surface area contributed by atoms with E-state index in [4.69, 9.17) is 0 Å². The van der Waals surface area contributed by atoms with Gasteiger partial charge in [-0.1, -0.05) is 12.8 Å². The zero-order valence-corrected chi connectivity index (χ0v) is 8.29. The SMILES string of the molecule is O=c1[nH]c2ncc(C3CCCC3)nc2[nH]1. The molecule has 1 saturated carbocycles. The summed E-state index contributed by atoms with van der Waals surface area (Å²) in [6.45, 7) is 0. The highest BCUT2D eigenvalue weighted by atomic mass is 16.1. The number of nitrogens with one attached hydrogen (secondary N) is 2. The Hall–Kier alpha value is -1.65. The van der Waals surface area contributed by atoms with Crippen molar-refractivity contribution in [1.82, 2.24) is 19.9 Å². The van der Waals surface area contributed by atoms with Crippen molar-refractivity contribution in [1.29, 1.82) is 0 Å². The van der Waals surface area contributed by atoms with Crippen LogP contribution in [0.15, 0.2) is 11.0 Å². The number of aromatic nitrogens is 4. The molecule has 1 aliphatic rings. The molecule has 2 aromatic heterocycles. The standard InChI is InChI=1S/C10H12N4O/c15-10-13-8-9(14-10)12-7(5-11-8)6-3-1-2-4-6/h5-6H,1-4H2,(H2,11,12,13,14,15). The van der Waals surface area contributed by atoms with Crippen molar-refractivity contribution in [2.45, 2.75) is 31.6 Å². The average Bonchev–Trinajstić information content (AvgIpc) is 2.82. The summed E-state index contributed by atoms with van der Waals surface area (Å²) in [4.78, 5) is 24.9. The molecule has 1 aliphatic carbocycles. The van der Waals surface area contributed by atoms with Crippen LogP contribution in [0.3, 0.4) is 0 Å². The van der Waals surface area contributed by atoms with Crippen molar-refractivity contribution in [2.75, 3.05) is 0 Å². The summed E-state index contributed by atoms with van der Waals surface area (Å²) in [5, 5.41) is 0. The number of H-pyrrole nitrogens is 2. The number of hydrogen-bond acceptors (Lipinski definition) is 3. The van der Waals surface area contributed by atoms with E-state index in [2.05, 4.69) is 19.9 Å². The van der Waals surface area contributed by atoms with Crippen LogP contribution < -0.4 is 5.69 Å². The highest BCUT2D eigenvalue weighted by Crippen LogP contribution is 2.32. The van der Waals surface area contributed by atoms with Crippen molar-refractivity contribution < 1.29 is 0 Å². The summed E-state index contributed by atoms with van der Waals surface area (Å²) in [6, 6.07) is 0. The van der Waals surface area contributed by atoms with E-state index in [0.717, 1.165) is 5.69 Å². The smallest absolute Gasteiger partial charge is 0.289 e. The maximum atomic E-state index is 11.0. The van der Waals surface area contributed by atoms with Gasteiger partial charge in [0.15, 0.2) is 11.3 Å². The first-order chi connectivity index (χ1) is 7.33. The molecule has 0 bridgehead atoms. The highest BCUT2D eigenvalue weighted by molar-refractivity contribution is 5.63. The third kappa shape index (κ3) is 1.44. The molecule has 78 valence electrons. The molecule has 2 aromatic rings. The zero-order valence-electron chi connectivity index (χ0n) is 8.29. The Labute approximate surface area is 86.0 Å². The van der Waals surface area contributed by atoms with Crippen molar-refractivity contribution in [3.05, 3.63) is 22.4 Å². The van der Waals surface area contributed by atoms with Crippen LogP contribution >= 0.6 is 0 Å². The first-order valence-corrected chi connectivity index (χ1v) is 5.28. The van der Waals surface area contributed by atoms with Crippen LogP contribution in [0.25, 0.3) is 11.3 Å². The minimum atomic E-state index is -0.242. The largest absolute Gasteiger partial charge is 0.326 e. The molecule has 0 amide bonds. The third-order valence-corrected chi connectivity index (χ3v) is 3.03. The van der Waals surface area contributed by atoms with Crippen molar-refractivity contribution in [3.8, 4) is 0 Å². The van der Waals surface area contributed by atoms with E-state index in [1.54, 1.807) is 6.20 Å². The summed E-state index contributed by atoms with van der Waals surface area (Å²) < 4.78 is 0. The minimum Gasteiger partial charge on any atom is -0.289 e. The molecule has 0 aliphatic heterocycles. The van der Waals surface area contributed by atoms with E-state index in [-0.39, 0.29) is 5.69 Å². The monoisotopic (exact) mass is 204 g/mol. The predicted molar refractivity (Wildman–Crippen MR) is 55.7 cm³/mol. The first kappa shape index (κ1) is 8.64. The van der Waals surface area contributed by atoms with Crippen molar-refractivity contribution in [2.24, 2.45) is 0 Å². The Morgan fingerprint density at radius 1 is 1.20 bits per heavy atom. The van der Waals surface area contributed by atoms with E-state index in [0.29, 0.717) is 17.2 Å². The van der Waals surface area contributed by atoms with Crippen LogP contribution in [0, 0.1) is 0 Å².